The Bertz CT molecular complexity index is 168. The summed E-state index contributed by atoms with van der Waals surface area (Å²) in [5.74, 6) is 0.937. The fraction of sp³-hybridized carbons (Fsp3) is 1.00. The van der Waals surface area contributed by atoms with E-state index >= 15 is 0 Å². The van der Waals surface area contributed by atoms with Crippen LogP contribution >= 0.6 is 0 Å². The third-order valence-electron chi connectivity index (χ3n) is 4.24. The Morgan fingerprint density at radius 2 is 1.75 bits per heavy atom. The molecule has 2 heteroatoms. The highest BCUT2D eigenvalue weighted by Crippen LogP contribution is 2.18. The van der Waals surface area contributed by atoms with E-state index in [-0.39, 0.29) is 0 Å². The van der Waals surface area contributed by atoms with Crippen LogP contribution in [0.5, 0.6) is 0 Å². The first-order valence-electron chi connectivity index (χ1n) is 7.39. The standard InChI is InChI=1S/C14H28N2/c1-2-4-8-14(7-3-1)16-11-9-13-6-5-10-15-12-13/h13-16H,1-12H2. The minimum Gasteiger partial charge on any atom is -0.316 e. The van der Waals surface area contributed by atoms with E-state index in [4.69, 9.17) is 0 Å². The van der Waals surface area contributed by atoms with Crippen LogP contribution in [0.4, 0.5) is 0 Å². The highest BCUT2D eigenvalue weighted by molar-refractivity contribution is 4.73. The molecule has 1 atom stereocenters. The monoisotopic (exact) mass is 224 g/mol. The summed E-state index contributed by atoms with van der Waals surface area (Å²) in [7, 11) is 0. The van der Waals surface area contributed by atoms with Gasteiger partial charge in [0.2, 0.25) is 0 Å². The molecule has 16 heavy (non-hydrogen) atoms. The number of piperidine rings is 1. The molecule has 2 fully saturated rings. The first-order chi connectivity index (χ1) is 7.95. The Balaban J connectivity index is 1.55. The SMILES string of the molecule is C1CCCC(NCCC2CCCNC2)CC1. The molecule has 1 aliphatic carbocycles. The number of nitrogens with one attached hydrogen (secondary N) is 2. The molecule has 2 nitrogen and oxygen atoms in total. The van der Waals surface area contributed by atoms with Crippen molar-refractivity contribution < 1.29 is 0 Å². The van der Waals surface area contributed by atoms with Gasteiger partial charge in [-0.3, -0.25) is 0 Å². The molecule has 94 valence electrons. The molecule has 0 radical (unpaired) electrons. The molecule has 1 heterocycles. The molecule has 2 rings (SSSR count). The molecule has 1 saturated heterocycles. The third-order valence-corrected chi connectivity index (χ3v) is 4.24. The Morgan fingerprint density at radius 3 is 2.44 bits per heavy atom. The van der Waals surface area contributed by atoms with Crippen LogP contribution < -0.4 is 10.6 Å². The van der Waals surface area contributed by atoms with Gasteiger partial charge in [-0.1, -0.05) is 25.7 Å². The molecule has 0 amide bonds. The van der Waals surface area contributed by atoms with Crippen LogP contribution in [0, 0.1) is 5.92 Å². The Morgan fingerprint density at radius 1 is 0.938 bits per heavy atom. The lowest BCUT2D eigenvalue weighted by molar-refractivity contribution is 0.339. The number of hydrogen-bond donors (Lipinski definition) is 2. The first-order valence-corrected chi connectivity index (χ1v) is 7.39. The number of rotatable bonds is 4. The van der Waals surface area contributed by atoms with Gasteiger partial charge in [0.25, 0.3) is 0 Å². The van der Waals surface area contributed by atoms with Crippen molar-refractivity contribution in [3.8, 4) is 0 Å². The fourth-order valence-electron chi connectivity index (χ4n) is 3.15. The van der Waals surface area contributed by atoms with Crippen molar-refractivity contribution in [1.29, 1.82) is 0 Å². The zero-order valence-corrected chi connectivity index (χ0v) is 10.6. The highest BCUT2D eigenvalue weighted by Gasteiger charge is 2.14. The zero-order chi connectivity index (χ0) is 11.1. The molecule has 1 aliphatic heterocycles. The van der Waals surface area contributed by atoms with E-state index in [9.17, 15) is 0 Å². The molecule has 0 aromatic heterocycles. The van der Waals surface area contributed by atoms with E-state index in [1.165, 1.54) is 77.4 Å². The average molecular weight is 224 g/mol. The molecule has 2 N–H and O–H groups in total. The van der Waals surface area contributed by atoms with E-state index in [0.29, 0.717) is 0 Å². The van der Waals surface area contributed by atoms with Crippen molar-refractivity contribution in [2.45, 2.75) is 63.8 Å². The zero-order valence-electron chi connectivity index (χ0n) is 10.6. The summed E-state index contributed by atoms with van der Waals surface area (Å²) in [6.45, 7) is 3.75. The molecular formula is C14H28N2. The van der Waals surface area contributed by atoms with E-state index in [0.717, 1.165) is 12.0 Å². The predicted octanol–water partition coefficient (Wildman–Crippen LogP) is 2.69. The van der Waals surface area contributed by atoms with E-state index in [1.807, 2.05) is 0 Å². The van der Waals surface area contributed by atoms with Crippen LogP contribution in [0.25, 0.3) is 0 Å². The lowest BCUT2D eigenvalue weighted by Crippen LogP contribution is -2.34. The average Bonchev–Trinajstić information content (AvgIpc) is 2.59. The normalized spacial score (nSPS) is 28.9. The van der Waals surface area contributed by atoms with Crippen LogP contribution in [0.3, 0.4) is 0 Å². The second-order valence-corrected chi connectivity index (χ2v) is 5.64. The topological polar surface area (TPSA) is 24.1 Å². The largest absolute Gasteiger partial charge is 0.316 e. The molecule has 1 unspecified atom stereocenters. The van der Waals surface area contributed by atoms with Gasteiger partial charge in [-0.05, 0) is 57.7 Å². The molecule has 2 aliphatic rings. The summed E-state index contributed by atoms with van der Waals surface area (Å²) in [5, 5.41) is 7.29. The minimum atomic E-state index is 0.832. The summed E-state index contributed by atoms with van der Waals surface area (Å²) >= 11 is 0. The van der Waals surface area contributed by atoms with Gasteiger partial charge in [-0.2, -0.15) is 0 Å². The van der Waals surface area contributed by atoms with E-state index in [1.54, 1.807) is 0 Å². The van der Waals surface area contributed by atoms with Crippen molar-refractivity contribution in [2.75, 3.05) is 19.6 Å². The van der Waals surface area contributed by atoms with Gasteiger partial charge in [0.15, 0.2) is 0 Å². The van der Waals surface area contributed by atoms with Crippen molar-refractivity contribution >= 4 is 0 Å². The van der Waals surface area contributed by atoms with Gasteiger partial charge >= 0.3 is 0 Å². The second kappa shape index (κ2) is 7.29. The molecular weight excluding hydrogens is 196 g/mol. The molecule has 0 aromatic rings. The van der Waals surface area contributed by atoms with Crippen LogP contribution in [0.15, 0.2) is 0 Å². The molecule has 0 aromatic carbocycles. The van der Waals surface area contributed by atoms with Crippen LogP contribution in [-0.2, 0) is 0 Å². The summed E-state index contributed by atoms with van der Waals surface area (Å²) < 4.78 is 0. The summed E-state index contributed by atoms with van der Waals surface area (Å²) in [6, 6.07) is 0.832. The second-order valence-electron chi connectivity index (χ2n) is 5.64. The van der Waals surface area contributed by atoms with Gasteiger partial charge in [0.05, 0.1) is 0 Å². The van der Waals surface area contributed by atoms with Crippen molar-refractivity contribution in [2.24, 2.45) is 5.92 Å². The summed E-state index contributed by atoms with van der Waals surface area (Å²) in [5.41, 5.74) is 0. The van der Waals surface area contributed by atoms with Gasteiger partial charge in [0, 0.05) is 6.04 Å². The molecule has 0 bridgehead atoms. The van der Waals surface area contributed by atoms with Crippen LogP contribution in [0.1, 0.15) is 57.8 Å². The summed E-state index contributed by atoms with van der Waals surface area (Å²) in [6.07, 6.45) is 12.9. The third kappa shape index (κ3) is 4.42. The number of hydrogen-bond acceptors (Lipinski definition) is 2. The van der Waals surface area contributed by atoms with Gasteiger partial charge < -0.3 is 10.6 Å². The quantitative estimate of drug-likeness (QED) is 0.718. The lowest BCUT2D eigenvalue weighted by atomic mass is 9.96. The van der Waals surface area contributed by atoms with Crippen LogP contribution in [-0.4, -0.2) is 25.7 Å². The Kier molecular flexibility index (Phi) is 5.64. The maximum Gasteiger partial charge on any atom is 0.00670 e. The van der Waals surface area contributed by atoms with E-state index in [2.05, 4.69) is 10.6 Å². The van der Waals surface area contributed by atoms with Crippen LogP contribution in [0.2, 0.25) is 0 Å². The maximum absolute atomic E-state index is 3.78. The maximum atomic E-state index is 3.78. The summed E-state index contributed by atoms with van der Waals surface area (Å²) in [4.78, 5) is 0. The van der Waals surface area contributed by atoms with E-state index < -0.39 is 0 Å². The Labute approximate surface area is 101 Å². The van der Waals surface area contributed by atoms with Crippen molar-refractivity contribution in [1.82, 2.24) is 10.6 Å². The Hall–Kier alpha value is -0.0800. The molecule has 0 spiro atoms. The minimum absolute atomic E-state index is 0.832. The first kappa shape index (κ1) is 12.4. The predicted molar refractivity (Wildman–Crippen MR) is 69.7 cm³/mol. The lowest BCUT2D eigenvalue weighted by Gasteiger charge is -2.24. The van der Waals surface area contributed by atoms with Gasteiger partial charge in [-0.15, -0.1) is 0 Å². The smallest absolute Gasteiger partial charge is 0.00670 e. The van der Waals surface area contributed by atoms with Gasteiger partial charge in [0.1, 0.15) is 0 Å². The fourth-order valence-corrected chi connectivity index (χ4v) is 3.15. The van der Waals surface area contributed by atoms with Gasteiger partial charge in [-0.25, -0.2) is 0 Å². The van der Waals surface area contributed by atoms with Crippen molar-refractivity contribution in [3.05, 3.63) is 0 Å². The van der Waals surface area contributed by atoms with Crippen molar-refractivity contribution in [3.63, 3.8) is 0 Å². The highest BCUT2D eigenvalue weighted by atomic mass is 14.9. The molecule has 1 saturated carbocycles.